The molecule has 0 atom stereocenters. The number of halogens is 2. The number of nitrogens with one attached hydrogen (secondary N) is 1. The van der Waals surface area contributed by atoms with Gasteiger partial charge in [0.15, 0.2) is 5.84 Å². The molecule has 0 saturated carbocycles. The third-order valence-electron chi connectivity index (χ3n) is 2.88. The monoisotopic (exact) mass is 429 g/mol. The first-order valence-corrected chi connectivity index (χ1v) is 9.60. The summed E-state index contributed by atoms with van der Waals surface area (Å²) < 4.78 is 9.53. The molecule has 0 radical (unpaired) electrons. The van der Waals surface area contributed by atoms with Gasteiger partial charge in [0.2, 0.25) is 0 Å². The van der Waals surface area contributed by atoms with E-state index in [1.54, 1.807) is 25.1 Å². The van der Waals surface area contributed by atoms with E-state index < -0.39 is 0 Å². The minimum atomic E-state index is -0.378. The highest BCUT2D eigenvalue weighted by atomic mass is 35.5. The van der Waals surface area contributed by atoms with Gasteiger partial charge in [-0.15, -0.1) is 0 Å². The molecule has 1 heterocycles. The van der Waals surface area contributed by atoms with Crippen molar-refractivity contribution < 1.29 is 9.53 Å². The second kappa shape index (κ2) is 9.64. The van der Waals surface area contributed by atoms with Crippen molar-refractivity contribution in [1.82, 2.24) is 9.80 Å². The van der Waals surface area contributed by atoms with Crippen molar-refractivity contribution in [3.63, 3.8) is 0 Å². The number of amides is 1. The van der Waals surface area contributed by atoms with Crippen LogP contribution in [0, 0.1) is 18.3 Å². The summed E-state index contributed by atoms with van der Waals surface area (Å²) in [6.07, 6.45) is 0. The Balaban J connectivity index is 1.80. The van der Waals surface area contributed by atoms with Gasteiger partial charge in [0.1, 0.15) is 23.5 Å². The van der Waals surface area contributed by atoms with E-state index in [0.29, 0.717) is 26.4 Å². The van der Waals surface area contributed by atoms with E-state index in [-0.39, 0.29) is 24.1 Å². The fraction of sp³-hybridized carbons (Fsp3) is 0.200. The molecule has 0 aliphatic carbocycles. The number of nitrogens with two attached hydrogens (primary N) is 1. The number of benzene rings is 1. The average molecular weight is 430 g/mol. The first-order valence-electron chi connectivity index (χ1n) is 7.08. The molecule has 0 bridgehead atoms. The van der Waals surface area contributed by atoms with Gasteiger partial charge in [-0.1, -0.05) is 35.0 Å². The number of thioether (sulfide) groups is 1. The number of carbonyl (C=O) groups is 1. The van der Waals surface area contributed by atoms with Gasteiger partial charge in [0.05, 0.1) is 16.3 Å². The molecule has 0 fully saturated rings. The Morgan fingerprint density at radius 2 is 2.31 bits per heavy atom. The Bertz CT molecular complexity index is 879. The molecule has 0 aliphatic rings. The largest absolute Gasteiger partial charge is 0.484 e. The lowest BCUT2D eigenvalue weighted by Gasteiger charge is -2.08. The van der Waals surface area contributed by atoms with Gasteiger partial charge >= 0.3 is 0 Å². The standard InChI is InChI=1S/C15H13Cl2N5O2S2/c1-8-10(5-18)15(22-26-8)25-7-14(23)21-20-13(19)6-24-12-3-2-9(16)4-11(12)17/h2-4H,6-7H2,1H3,(H2,19,20)(H,21,23). The number of nitrogens with zero attached hydrogens (tertiary/aromatic N) is 3. The fourth-order valence-electron chi connectivity index (χ4n) is 1.65. The maximum Gasteiger partial charge on any atom is 0.250 e. The number of ether oxygens (including phenoxy) is 1. The van der Waals surface area contributed by atoms with Crippen LogP contribution in [0.5, 0.6) is 5.75 Å². The van der Waals surface area contributed by atoms with Crippen molar-refractivity contribution in [3.8, 4) is 11.8 Å². The second-order valence-corrected chi connectivity index (χ2v) is 7.61. The van der Waals surface area contributed by atoms with Crippen molar-refractivity contribution in [2.45, 2.75) is 11.9 Å². The number of amidine groups is 1. The van der Waals surface area contributed by atoms with Crippen LogP contribution < -0.4 is 15.9 Å². The Morgan fingerprint density at radius 1 is 1.54 bits per heavy atom. The summed E-state index contributed by atoms with van der Waals surface area (Å²) in [6, 6.07) is 6.85. The summed E-state index contributed by atoms with van der Waals surface area (Å²) in [5.74, 6) is 0.144. The van der Waals surface area contributed by atoms with Crippen LogP contribution in [0.3, 0.4) is 0 Å². The number of aromatic nitrogens is 1. The SMILES string of the molecule is Cc1snc(SCC(=O)N/N=C(\N)COc2ccc(Cl)cc2Cl)c1C#N. The first-order chi connectivity index (χ1) is 12.4. The molecule has 3 N–H and O–H groups in total. The third-order valence-corrected chi connectivity index (χ3v) is 5.25. The lowest BCUT2D eigenvalue weighted by molar-refractivity contribution is -0.118. The zero-order valence-electron chi connectivity index (χ0n) is 13.5. The van der Waals surface area contributed by atoms with E-state index >= 15 is 0 Å². The summed E-state index contributed by atoms with van der Waals surface area (Å²) >= 11 is 14.2. The molecule has 1 amide bonds. The number of rotatable bonds is 7. The van der Waals surface area contributed by atoms with Crippen LogP contribution in [0.4, 0.5) is 0 Å². The molecule has 0 aliphatic heterocycles. The number of hydrogen-bond donors (Lipinski definition) is 2. The third kappa shape index (κ3) is 5.78. The maximum absolute atomic E-state index is 11.8. The molecule has 2 rings (SSSR count). The predicted molar refractivity (Wildman–Crippen MR) is 104 cm³/mol. The van der Waals surface area contributed by atoms with Crippen LogP contribution in [-0.4, -0.2) is 28.5 Å². The molecule has 0 unspecified atom stereocenters. The van der Waals surface area contributed by atoms with Gasteiger partial charge in [-0.25, -0.2) is 5.43 Å². The van der Waals surface area contributed by atoms with Gasteiger partial charge in [0.25, 0.3) is 5.91 Å². The maximum atomic E-state index is 11.8. The van der Waals surface area contributed by atoms with Gasteiger partial charge in [-0.3, -0.25) is 4.79 Å². The Morgan fingerprint density at radius 3 is 3.00 bits per heavy atom. The average Bonchev–Trinajstić information content (AvgIpc) is 2.97. The fourth-order valence-corrected chi connectivity index (χ4v) is 3.72. The van der Waals surface area contributed by atoms with Crippen molar-refractivity contribution >= 4 is 58.2 Å². The van der Waals surface area contributed by atoms with E-state index in [2.05, 4.69) is 21.0 Å². The Kier molecular flexibility index (Phi) is 7.53. The summed E-state index contributed by atoms with van der Waals surface area (Å²) in [7, 11) is 0. The van der Waals surface area contributed by atoms with E-state index in [9.17, 15) is 4.79 Å². The van der Waals surface area contributed by atoms with Crippen molar-refractivity contribution in [2.75, 3.05) is 12.4 Å². The predicted octanol–water partition coefficient (Wildman–Crippen LogP) is 3.19. The summed E-state index contributed by atoms with van der Waals surface area (Å²) in [6.45, 7) is 1.75. The van der Waals surface area contributed by atoms with Gasteiger partial charge in [0, 0.05) is 9.90 Å². The molecule has 7 nitrogen and oxygen atoms in total. The molecule has 11 heteroatoms. The van der Waals surface area contributed by atoms with Crippen LogP contribution in [0.1, 0.15) is 10.4 Å². The molecule has 1 aromatic heterocycles. The Hall–Kier alpha value is -1.99. The highest BCUT2D eigenvalue weighted by Gasteiger charge is 2.12. The van der Waals surface area contributed by atoms with Crippen LogP contribution >= 0.6 is 46.5 Å². The minimum absolute atomic E-state index is 0.0541. The zero-order valence-corrected chi connectivity index (χ0v) is 16.6. The quantitative estimate of drug-likeness (QED) is 0.302. The molecule has 2 aromatic rings. The molecule has 26 heavy (non-hydrogen) atoms. The van der Waals surface area contributed by atoms with E-state index in [1.165, 1.54) is 11.5 Å². The summed E-state index contributed by atoms with van der Waals surface area (Å²) in [4.78, 5) is 12.6. The van der Waals surface area contributed by atoms with E-state index in [0.717, 1.165) is 16.6 Å². The van der Waals surface area contributed by atoms with Crippen LogP contribution in [0.2, 0.25) is 10.0 Å². The lowest BCUT2D eigenvalue weighted by atomic mass is 10.3. The normalized spacial score (nSPS) is 11.1. The smallest absolute Gasteiger partial charge is 0.250 e. The molecule has 0 spiro atoms. The Labute approximate surface area is 168 Å². The van der Waals surface area contributed by atoms with Crippen molar-refractivity contribution in [2.24, 2.45) is 10.8 Å². The van der Waals surface area contributed by atoms with Gasteiger partial charge < -0.3 is 10.5 Å². The van der Waals surface area contributed by atoms with Crippen molar-refractivity contribution in [3.05, 3.63) is 38.7 Å². The molecule has 1 aromatic carbocycles. The molecular formula is C15H13Cl2N5O2S2. The number of hydrazone groups is 1. The highest BCUT2D eigenvalue weighted by molar-refractivity contribution is 8.00. The van der Waals surface area contributed by atoms with Crippen molar-refractivity contribution in [1.29, 1.82) is 5.26 Å². The number of nitriles is 1. The van der Waals surface area contributed by atoms with Gasteiger partial charge in [-0.05, 0) is 36.7 Å². The summed E-state index contributed by atoms with van der Waals surface area (Å²) in [5.41, 5.74) is 8.50. The summed E-state index contributed by atoms with van der Waals surface area (Å²) in [5, 5.41) is 14.2. The van der Waals surface area contributed by atoms with Crippen LogP contribution in [-0.2, 0) is 4.79 Å². The second-order valence-electron chi connectivity index (χ2n) is 4.82. The highest BCUT2D eigenvalue weighted by Crippen LogP contribution is 2.27. The first kappa shape index (κ1) is 20.3. The topological polar surface area (TPSA) is 113 Å². The number of carbonyl (C=O) groups excluding carboxylic acids is 1. The van der Waals surface area contributed by atoms with E-state index in [4.69, 9.17) is 38.9 Å². The number of aryl methyl sites for hydroxylation is 1. The van der Waals surface area contributed by atoms with Crippen LogP contribution in [0.25, 0.3) is 0 Å². The minimum Gasteiger partial charge on any atom is -0.484 e. The number of hydrogen-bond acceptors (Lipinski definition) is 7. The molecule has 0 saturated heterocycles. The van der Waals surface area contributed by atoms with Gasteiger partial charge in [-0.2, -0.15) is 14.7 Å². The van der Waals surface area contributed by atoms with E-state index in [1.807, 2.05) is 0 Å². The molecular weight excluding hydrogens is 417 g/mol. The lowest BCUT2D eigenvalue weighted by Crippen LogP contribution is -2.28. The zero-order chi connectivity index (χ0) is 19.1. The van der Waals surface area contributed by atoms with Crippen LogP contribution in [0.15, 0.2) is 28.3 Å². The molecule has 136 valence electrons.